The molecular formula is C22H29N3O5S. The van der Waals surface area contributed by atoms with Gasteiger partial charge in [-0.05, 0) is 44.2 Å². The molecule has 0 saturated carbocycles. The molecule has 0 bridgehead atoms. The van der Waals surface area contributed by atoms with Crippen molar-refractivity contribution in [3.8, 4) is 5.75 Å². The maximum absolute atomic E-state index is 13.0. The Bertz CT molecular complexity index is 1050. The average molecular weight is 448 g/mol. The highest BCUT2D eigenvalue weighted by molar-refractivity contribution is 7.89. The van der Waals surface area contributed by atoms with Crippen molar-refractivity contribution < 1.29 is 22.7 Å². The predicted octanol–water partition coefficient (Wildman–Crippen LogP) is 3.12. The highest BCUT2D eigenvalue weighted by Crippen LogP contribution is 2.28. The molecule has 2 N–H and O–H groups in total. The first kappa shape index (κ1) is 24.4. The number of nitrogens with zero attached hydrogens (tertiary/aromatic N) is 1. The number of carbonyl (C=O) groups excluding carboxylic acids is 2. The van der Waals surface area contributed by atoms with Gasteiger partial charge in [-0.3, -0.25) is 9.59 Å². The lowest BCUT2D eigenvalue weighted by Gasteiger charge is -2.20. The number of para-hydroxylation sites is 1. The van der Waals surface area contributed by atoms with Crippen LogP contribution in [0.5, 0.6) is 5.75 Å². The van der Waals surface area contributed by atoms with Gasteiger partial charge in [0.1, 0.15) is 10.6 Å². The lowest BCUT2D eigenvalue weighted by atomic mass is 10.1. The molecule has 2 amide bonds. The molecule has 0 aliphatic heterocycles. The molecular weight excluding hydrogens is 418 g/mol. The molecule has 0 saturated heterocycles. The number of benzene rings is 2. The molecule has 168 valence electrons. The Labute approximate surface area is 183 Å². The second kappa shape index (κ2) is 10.4. The number of rotatable bonds is 9. The van der Waals surface area contributed by atoms with Crippen LogP contribution in [0, 0.1) is 0 Å². The first-order valence-corrected chi connectivity index (χ1v) is 11.5. The van der Waals surface area contributed by atoms with E-state index in [0.29, 0.717) is 11.3 Å². The minimum atomic E-state index is -3.84. The van der Waals surface area contributed by atoms with Gasteiger partial charge in [-0.15, -0.1) is 0 Å². The SMILES string of the molecule is CCN(CC)S(=O)(=O)c1cc(C(=O)Nc2ccccc2C(=O)NC(C)C)ccc1OC. The van der Waals surface area contributed by atoms with E-state index in [2.05, 4.69) is 10.6 Å². The van der Waals surface area contributed by atoms with Crippen molar-refractivity contribution in [2.75, 3.05) is 25.5 Å². The van der Waals surface area contributed by atoms with Crippen LogP contribution in [0.4, 0.5) is 5.69 Å². The van der Waals surface area contributed by atoms with E-state index >= 15 is 0 Å². The highest BCUT2D eigenvalue weighted by atomic mass is 32.2. The number of nitrogens with one attached hydrogen (secondary N) is 2. The third-order valence-corrected chi connectivity index (χ3v) is 6.66. The standard InChI is InChI=1S/C22H29N3O5S/c1-6-25(7-2)31(28,29)20-14-16(12-13-19(20)30-5)21(26)24-18-11-9-8-10-17(18)22(27)23-15(3)4/h8-15H,6-7H2,1-5H3,(H,23,27)(H,24,26). The van der Waals surface area contributed by atoms with Crippen LogP contribution < -0.4 is 15.4 Å². The topological polar surface area (TPSA) is 105 Å². The first-order valence-electron chi connectivity index (χ1n) is 10.0. The zero-order valence-electron chi connectivity index (χ0n) is 18.4. The Kier molecular flexibility index (Phi) is 8.18. The predicted molar refractivity (Wildman–Crippen MR) is 120 cm³/mol. The van der Waals surface area contributed by atoms with Crippen LogP contribution in [0.25, 0.3) is 0 Å². The molecule has 0 spiro atoms. The summed E-state index contributed by atoms with van der Waals surface area (Å²) < 4.78 is 32.5. The van der Waals surface area contributed by atoms with Gasteiger partial charge in [0.15, 0.2) is 0 Å². The minimum Gasteiger partial charge on any atom is -0.495 e. The second-order valence-corrected chi connectivity index (χ2v) is 8.99. The number of sulfonamides is 1. The summed E-state index contributed by atoms with van der Waals surface area (Å²) in [6, 6.07) is 10.8. The summed E-state index contributed by atoms with van der Waals surface area (Å²) in [6.45, 7) is 7.74. The van der Waals surface area contributed by atoms with Gasteiger partial charge in [0, 0.05) is 24.7 Å². The summed E-state index contributed by atoms with van der Waals surface area (Å²) in [5, 5.41) is 5.50. The van der Waals surface area contributed by atoms with E-state index in [1.807, 2.05) is 13.8 Å². The zero-order chi connectivity index (χ0) is 23.2. The molecule has 2 aromatic rings. The fourth-order valence-electron chi connectivity index (χ4n) is 3.05. The van der Waals surface area contributed by atoms with Crippen LogP contribution in [0.3, 0.4) is 0 Å². The van der Waals surface area contributed by atoms with Gasteiger partial charge >= 0.3 is 0 Å². The van der Waals surface area contributed by atoms with Crippen LogP contribution in [0.1, 0.15) is 48.4 Å². The van der Waals surface area contributed by atoms with Gasteiger partial charge in [0.25, 0.3) is 11.8 Å². The van der Waals surface area contributed by atoms with E-state index in [9.17, 15) is 18.0 Å². The molecule has 31 heavy (non-hydrogen) atoms. The molecule has 0 fully saturated rings. The van der Waals surface area contributed by atoms with Gasteiger partial charge < -0.3 is 15.4 Å². The Balaban J connectivity index is 2.42. The van der Waals surface area contributed by atoms with Crippen molar-refractivity contribution >= 4 is 27.5 Å². The van der Waals surface area contributed by atoms with Gasteiger partial charge in [-0.1, -0.05) is 26.0 Å². The van der Waals surface area contributed by atoms with Gasteiger partial charge in [-0.2, -0.15) is 4.31 Å². The van der Waals surface area contributed by atoms with Crippen molar-refractivity contribution in [3.63, 3.8) is 0 Å². The maximum atomic E-state index is 13.0. The highest BCUT2D eigenvalue weighted by Gasteiger charge is 2.27. The van der Waals surface area contributed by atoms with Gasteiger partial charge in [-0.25, -0.2) is 8.42 Å². The van der Waals surface area contributed by atoms with E-state index in [-0.39, 0.29) is 41.2 Å². The molecule has 8 nitrogen and oxygen atoms in total. The van der Waals surface area contributed by atoms with Crippen LogP contribution in [-0.2, 0) is 10.0 Å². The average Bonchev–Trinajstić information content (AvgIpc) is 2.73. The number of methoxy groups -OCH3 is 1. The summed E-state index contributed by atoms with van der Waals surface area (Å²) in [6.07, 6.45) is 0. The van der Waals surface area contributed by atoms with Crippen molar-refractivity contribution in [2.45, 2.75) is 38.6 Å². The zero-order valence-corrected chi connectivity index (χ0v) is 19.2. The Morgan fingerprint density at radius 1 is 1.03 bits per heavy atom. The summed E-state index contributed by atoms with van der Waals surface area (Å²) >= 11 is 0. The smallest absolute Gasteiger partial charge is 0.255 e. The van der Waals surface area contributed by atoms with Crippen LogP contribution >= 0.6 is 0 Å². The van der Waals surface area contributed by atoms with Gasteiger partial charge in [0.2, 0.25) is 10.0 Å². The van der Waals surface area contributed by atoms with E-state index in [4.69, 9.17) is 4.74 Å². The molecule has 0 unspecified atom stereocenters. The third kappa shape index (κ3) is 5.62. The lowest BCUT2D eigenvalue weighted by molar-refractivity contribution is 0.0944. The number of hydrogen-bond donors (Lipinski definition) is 2. The fourth-order valence-corrected chi connectivity index (χ4v) is 4.69. The number of amides is 2. The molecule has 0 aromatic heterocycles. The van der Waals surface area contributed by atoms with E-state index in [0.717, 1.165) is 0 Å². The number of ether oxygens (including phenoxy) is 1. The van der Waals surface area contributed by atoms with Crippen molar-refractivity contribution in [2.24, 2.45) is 0 Å². The fraction of sp³-hybridized carbons (Fsp3) is 0.364. The van der Waals surface area contributed by atoms with Crippen molar-refractivity contribution in [1.82, 2.24) is 9.62 Å². The normalized spacial score (nSPS) is 11.5. The minimum absolute atomic E-state index is 0.0642. The number of anilines is 1. The van der Waals surface area contributed by atoms with Crippen LogP contribution in [-0.4, -0.2) is 50.8 Å². The molecule has 2 aromatic carbocycles. The van der Waals surface area contributed by atoms with E-state index in [1.165, 1.54) is 29.6 Å². The first-order chi connectivity index (χ1) is 14.6. The lowest BCUT2D eigenvalue weighted by Crippen LogP contribution is -2.31. The molecule has 0 aliphatic rings. The van der Waals surface area contributed by atoms with Gasteiger partial charge in [0.05, 0.1) is 18.4 Å². The van der Waals surface area contributed by atoms with Crippen molar-refractivity contribution in [3.05, 3.63) is 53.6 Å². The molecule has 0 radical (unpaired) electrons. The van der Waals surface area contributed by atoms with E-state index < -0.39 is 15.9 Å². The number of carbonyl (C=O) groups is 2. The summed E-state index contributed by atoms with van der Waals surface area (Å²) in [5.41, 5.74) is 0.772. The molecule has 0 aliphatic carbocycles. The maximum Gasteiger partial charge on any atom is 0.255 e. The molecule has 0 heterocycles. The summed E-state index contributed by atoms with van der Waals surface area (Å²) in [5.74, 6) is -0.700. The largest absolute Gasteiger partial charge is 0.495 e. The third-order valence-electron chi connectivity index (χ3n) is 4.59. The Hall–Kier alpha value is -2.91. The van der Waals surface area contributed by atoms with Crippen LogP contribution in [0.15, 0.2) is 47.4 Å². The summed E-state index contributed by atoms with van der Waals surface area (Å²) in [4.78, 5) is 25.3. The molecule has 0 atom stereocenters. The van der Waals surface area contributed by atoms with Crippen molar-refractivity contribution in [1.29, 1.82) is 0 Å². The number of hydrogen-bond acceptors (Lipinski definition) is 5. The van der Waals surface area contributed by atoms with E-state index in [1.54, 1.807) is 38.1 Å². The second-order valence-electron chi connectivity index (χ2n) is 7.08. The summed E-state index contributed by atoms with van der Waals surface area (Å²) in [7, 11) is -2.47. The molecule has 2 rings (SSSR count). The Morgan fingerprint density at radius 2 is 1.68 bits per heavy atom. The Morgan fingerprint density at radius 3 is 2.26 bits per heavy atom. The quantitative estimate of drug-likeness (QED) is 0.615. The van der Waals surface area contributed by atoms with Crippen LogP contribution in [0.2, 0.25) is 0 Å². The monoisotopic (exact) mass is 447 g/mol. The molecule has 9 heteroatoms.